The Morgan fingerprint density at radius 2 is 2.39 bits per heavy atom. The van der Waals surface area contributed by atoms with Crippen molar-refractivity contribution in [3.8, 4) is 0 Å². The van der Waals surface area contributed by atoms with Gasteiger partial charge < -0.3 is 7.85 Å². The second-order valence-electron chi connectivity index (χ2n) is 3.69. The fourth-order valence-electron chi connectivity index (χ4n) is 1.24. The Hall–Kier alpha value is -1.31. The van der Waals surface area contributed by atoms with Crippen molar-refractivity contribution in [1.29, 1.82) is 0 Å². The summed E-state index contributed by atoms with van der Waals surface area (Å²) < 4.78 is 6.76. The van der Waals surface area contributed by atoms with Crippen molar-refractivity contribution >= 4 is 35.0 Å². The number of halogens is 1. The Kier molecular flexibility index (Phi) is 5.39. The second kappa shape index (κ2) is 6.58. The van der Waals surface area contributed by atoms with Crippen molar-refractivity contribution < 1.29 is 9.53 Å². The number of nitrogens with zero attached hydrogens (tertiary/aromatic N) is 3. The summed E-state index contributed by atoms with van der Waals surface area (Å²) >= 11 is 2.06. The third kappa shape index (κ3) is 3.86. The van der Waals surface area contributed by atoms with E-state index < -0.39 is 5.97 Å². The maximum Gasteiger partial charge on any atom is 0.358 e. The second-order valence-corrected chi connectivity index (χ2v) is 5.21. The molecule has 0 aromatic carbocycles. The first-order valence-electron chi connectivity index (χ1n) is 5.44. The van der Waals surface area contributed by atoms with E-state index in [1.54, 1.807) is 28.7 Å². The van der Waals surface area contributed by atoms with E-state index in [4.69, 9.17) is 4.74 Å². The van der Waals surface area contributed by atoms with Crippen LogP contribution in [0.2, 0.25) is 0 Å². The molecule has 1 aliphatic heterocycles. The average Bonchev–Trinajstić information content (AvgIpc) is 2.30. The number of rotatable bonds is 4. The molecule has 0 radical (unpaired) electrons. The maximum atomic E-state index is 11.9. The van der Waals surface area contributed by atoms with Crippen molar-refractivity contribution in [3.05, 3.63) is 35.8 Å². The highest BCUT2D eigenvalue weighted by Crippen LogP contribution is 2.18. The molecule has 0 amide bonds. The monoisotopic (exact) mass is 361 g/mol. The minimum atomic E-state index is -0.408. The predicted molar refractivity (Wildman–Crippen MR) is 79.7 cm³/mol. The van der Waals surface area contributed by atoms with E-state index in [9.17, 15) is 4.79 Å². The lowest BCUT2D eigenvalue weighted by atomic mass is 10.1. The van der Waals surface area contributed by atoms with Gasteiger partial charge in [0.15, 0.2) is 5.70 Å². The number of hydrogen-bond acceptors (Lipinski definition) is 5. The molecule has 1 rings (SSSR count). The van der Waals surface area contributed by atoms with Crippen molar-refractivity contribution in [1.82, 2.24) is 8.12 Å². The first-order valence-corrected chi connectivity index (χ1v) is 6.40. The summed E-state index contributed by atoms with van der Waals surface area (Å²) in [7, 11) is 1.82. The Morgan fingerprint density at radius 3 is 2.89 bits per heavy atom. The standard InChI is InChI=1S/C12H16IN3O2/c1-5-18-12(17)11(8-15(4)13)16-7-10(3)9(2)6-14-16/h6-8H,2,5H2,1,3-4H3/b11-8+. The molecule has 5 nitrogen and oxygen atoms in total. The largest absolute Gasteiger partial charge is 0.461 e. The topological polar surface area (TPSA) is 45.1 Å². The van der Waals surface area contributed by atoms with Gasteiger partial charge in [-0.15, -0.1) is 0 Å². The zero-order valence-electron chi connectivity index (χ0n) is 10.7. The van der Waals surface area contributed by atoms with Crippen LogP contribution in [-0.4, -0.2) is 34.0 Å². The smallest absolute Gasteiger partial charge is 0.358 e. The van der Waals surface area contributed by atoms with Gasteiger partial charge in [0.05, 0.1) is 35.7 Å². The lowest BCUT2D eigenvalue weighted by Gasteiger charge is -2.22. The zero-order chi connectivity index (χ0) is 13.7. The summed E-state index contributed by atoms with van der Waals surface area (Å²) in [6, 6.07) is 0. The van der Waals surface area contributed by atoms with Gasteiger partial charge in [0.25, 0.3) is 0 Å². The summed E-state index contributed by atoms with van der Waals surface area (Å²) in [5.41, 5.74) is 2.14. The predicted octanol–water partition coefficient (Wildman–Crippen LogP) is 2.43. The van der Waals surface area contributed by atoms with Crippen LogP contribution >= 0.6 is 22.9 Å². The SMILES string of the molecule is C=C1C=NN(/C(=C/N(C)I)C(=O)OCC)C=C1C. The number of carbonyl (C=O) groups excluding carboxylic acids is 1. The highest BCUT2D eigenvalue weighted by molar-refractivity contribution is 14.1. The number of hydrazone groups is 1. The number of ether oxygens (including phenoxy) is 1. The van der Waals surface area contributed by atoms with E-state index >= 15 is 0 Å². The first kappa shape index (κ1) is 14.7. The molecule has 0 aromatic rings. The Bertz CT molecular complexity index is 439. The number of hydrogen-bond donors (Lipinski definition) is 0. The van der Waals surface area contributed by atoms with Crippen LogP contribution in [0, 0.1) is 0 Å². The minimum absolute atomic E-state index is 0.327. The van der Waals surface area contributed by atoms with Gasteiger partial charge in [-0.2, -0.15) is 5.10 Å². The summed E-state index contributed by atoms with van der Waals surface area (Å²) in [6.45, 7) is 7.85. The molecule has 98 valence electrons. The van der Waals surface area contributed by atoms with Crippen LogP contribution in [0.5, 0.6) is 0 Å². The molecule has 0 fully saturated rings. The molecule has 0 atom stereocenters. The maximum absolute atomic E-state index is 11.9. The van der Waals surface area contributed by atoms with Crippen LogP contribution < -0.4 is 0 Å². The van der Waals surface area contributed by atoms with E-state index in [0.717, 1.165) is 11.1 Å². The van der Waals surface area contributed by atoms with Crippen molar-refractivity contribution in [2.75, 3.05) is 13.7 Å². The highest BCUT2D eigenvalue weighted by atomic mass is 127. The van der Waals surface area contributed by atoms with Gasteiger partial charge in [-0.05, 0) is 25.0 Å². The van der Waals surface area contributed by atoms with Crippen LogP contribution in [-0.2, 0) is 9.53 Å². The summed E-state index contributed by atoms with van der Waals surface area (Å²) in [5, 5.41) is 5.65. The minimum Gasteiger partial charge on any atom is -0.461 e. The quantitative estimate of drug-likeness (QED) is 0.334. The molecule has 0 spiro atoms. The van der Waals surface area contributed by atoms with E-state index in [-0.39, 0.29) is 0 Å². The van der Waals surface area contributed by atoms with E-state index in [0.29, 0.717) is 12.3 Å². The van der Waals surface area contributed by atoms with Gasteiger partial charge in [0, 0.05) is 19.4 Å². The molecule has 1 heterocycles. The molecule has 0 aromatic heterocycles. The third-order valence-electron chi connectivity index (χ3n) is 2.19. The molecule has 0 saturated heterocycles. The Labute approximate surface area is 121 Å². The number of allylic oxidation sites excluding steroid dienone is 2. The van der Waals surface area contributed by atoms with Gasteiger partial charge >= 0.3 is 5.97 Å². The summed E-state index contributed by atoms with van der Waals surface area (Å²) in [5.74, 6) is -0.408. The molecule has 0 aliphatic carbocycles. The normalized spacial score (nSPS) is 15.6. The number of esters is 1. The molecule has 0 unspecified atom stereocenters. The van der Waals surface area contributed by atoms with Crippen LogP contribution in [0.25, 0.3) is 0 Å². The Balaban J connectivity index is 3.02. The average molecular weight is 361 g/mol. The number of carbonyl (C=O) groups is 1. The van der Waals surface area contributed by atoms with Gasteiger partial charge in [-0.1, -0.05) is 6.58 Å². The van der Waals surface area contributed by atoms with Crippen LogP contribution in [0.15, 0.2) is 40.9 Å². The summed E-state index contributed by atoms with van der Waals surface area (Å²) in [6.07, 6.45) is 5.04. The lowest BCUT2D eigenvalue weighted by molar-refractivity contribution is -0.140. The highest BCUT2D eigenvalue weighted by Gasteiger charge is 2.20. The van der Waals surface area contributed by atoms with Crippen molar-refractivity contribution in [3.63, 3.8) is 0 Å². The van der Waals surface area contributed by atoms with Crippen LogP contribution in [0.3, 0.4) is 0 Å². The summed E-state index contributed by atoms with van der Waals surface area (Å²) in [4.78, 5) is 11.9. The molecule has 6 heteroatoms. The van der Waals surface area contributed by atoms with Gasteiger partial charge in [-0.25, -0.2) is 9.80 Å². The van der Waals surface area contributed by atoms with Gasteiger partial charge in [-0.3, -0.25) is 0 Å². The Morgan fingerprint density at radius 1 is 1.72 bits per heavy atom. The van der Waals surface area contributed by atoms with Crippen LogP contribution in [0.4, 0.5) is 0 Å². The van der Waals surface area contributed by atoms with E-state index in [1.807, 2.05) is 14.0 Å². The fourth-order valence-corrected chi connectivity index (χ4v) is 1.51. The van der Waals surface area contributed by atoms with E-state index in [1.165, 1.54) is 5.01 Å². The van der Waals surface area contributed by atoms with Crippen molar-refractivity contribution in [2.24, 2.45) is 5.10 Å². The first-order chi connectivity index (χ1) is 8.45. The fraction of sp³-hybridized carbons (Fsp3) is 0.333. The molecule has 0 N–H and O–H groups in total. The third-order valence-corrected chi connectivity index (χ3v) is 2.47. The molecule has 18 heavy (non-hydrogen) atoms. The molecule has 0 bridgehead atoms. The molecule has 0 saturated carbocycles. The lowest BCUT2D eigenvalue weighted by Crippen LogP contribution is -2.24. The van der Waals surface area contributed by atoms with Crippen LogP contribution in [0.1, 0.15) is 13.8 Å². The zero-order valence-corrected chi connectivity index (χ0v) is 12.8. The van der Waals surface area contributed by atoms with E-state index in [2.05, 4.69) is 34.5 Å². The molecule has 1 aliphatic rings. The molecular formula is C12H16IN3O2. The van der Waals surface area contributed by atoms with Gasteiger partial charge in [0.2, 0.25) is 0 Å². The molecular weight excluding hydrogens is 345 g/mol. The van der Waals surface area contributed by atoms with Gasteiger partial charge in [0.1, 0.15) is 0 Å². The van der Waals surface area contributed by atoms with Crippen molar-refractivity contribution in [2.45, 2.75) is 13.8 Å².